The SMILES string of the molecule is C=C[Si](C=C)([Si](c1ccccc1)c1ccccc1)[Si](OC)(OC)OC. The van der Waals surface area contributed by atoms with Gasteiger partial charge in [-0.2, -0.15) is 0 Å². The van der Waals surface area contributed by atoms with Crippen molar-refractivity contribution in [3.63, 3.8) is 0 Å². The van der Waals surface area contributed by atoms with Crippen molar-refractivity contribution in [2.75, 3.05) is 21.3 Å². The van der Waals surface area contributed by atoms with Crippen LogP contribution in [-0.2, 0) is 13.3 Å². The molecule has 2 rings (SSSR count). The Kier molecular flexibility index (Phi) is 6.88. The molecular formula is C19H25O3Si3. The summed E-state index contributed by atoms with van der Waals surface area (Å²) in [5.41, 5.74) is 4.08. The van der Waals surface area contributed by atoms with Gasteiger partial charge in [0.25, 0.3) is 0 Å². The molecule has 0 saturated carbocycles. The summed E-state index contributed by atoms with van der Waals surface area (Å²) in [4.78, 5) is 0. The molecule has 25 heavy (non-hydrogen) atoms. The molecule has 0 atom stereocenters. The Hall–Kier alpha value is -1.55. The van der Waals surface area contributed by atoms with Crippen LogP contribution < -0.4 is 10.4 Å². The van der Waals surface area contributed by atoms with Gasteiger partial charge in [-0.15, -0.1) is 13.2 Å². The molecule has 0 heterocycles. The van der Waals surface area contributed by atoms with Crippen LogP contribution in [0.5, 0.6) is 0 Å². The second-order valence-electron chi connectivity index (χ2n) is 5.55. The Morgan fingerprint density at radius 3 is 1.36 bits per heavy atom. The van der Waals surface area contributed by atoms with E-state index >= 15 is 0 Å². The van der Waals surface area contributed by atoms with Gasteiger partial charge < -0.3 is 13.3 Å². The summed E-state index contributed by atoms with van der Waals surface area (Å²) >= 11 is 0. The molecule has 0 fully saturated rings. The van der Waals surface area contributed by atoms with E-state index in [1.807, 2.05) is 23.5 Å². The van der Waals surface area contributed by atoms with Gasteiger partial charge in [0.15, 0.2) is 7.11 Å². The smallest absolute Gasteiger partial charge is 0.380 e. The summed E-state index contributed by atoms with van der Waals surface area (Å²) in [7, 11) is -1.80. The van der Waals surface area contributed by atoms with Crippen molar-refractivity contribution in [2.45, 2.75) is 0 Å². The van der Waals surface area contributed by atoms with Crippen molar-refractivity contribution in [3.05, 3.63) is 85.2 Å². The zero-order valence-electron chi connectivity index (χ0n) is 15.1. The van der Waals surface area contributed by atoms with Gasteiger partial charge in [-0.25, -0.2) is 0 Å². The highest BCUT2D eigenvalue weighted by Gasteiger charge is 2.63. The molecule has 1 radical (unpaired) electrons. The van der Waals surface area contributed by atoms with Gasteiger partial charge in [0, 0.05) is 21.3 Å². The third kappa shape index (κ3) is 3.41. The van der Waals surface area contributed by atoms with Gasteiger partial charge in [0.05, 0.1) is 0 Å². The van der Waals surface area contributed by atoms with E-state index < -0.39 is 23.7 Å². The summed E-state index contributed by atoms with van der Waals surface area (Å²) < 4.78 is 17.8. The van der Waals surface area contributed by atoms with Crippen LogP contribution in [0.25, 0.3) is 0 Å². The monoisotopic (exact) mass is 385 g/mol. The lowest BCUT2D eigenvalue weighted by Crippen LogP contribution is -2.79. The third-order valence-corrected chi connectivity index (χ3v) is 27.6. The first-order valence-corrected chi connectivity index (χ1v) is 15.4. The fraction of sp³-hybridized carbons (Fsp3) is 0.158. The maximum Gasteiger partial charge on any atom is 0.476 e. The Labute approximate surface area is 154 Å². The Morgan fingerprint density at radius 2 is 1.08 bits per heavy atom. The number of rotatable bonds is 9. The molecule has 0 aliphatic rings. The van der Waals surface area contributed by atoms with E-state index in [-0.39, 0.29) is 0 Å². The molecule has 0 bridgehead atoms. The molecule has 0 aliphatic carbocycles. The lowest BCUT2D eigenvalue weighted by Gasteiger charge is -2.42. The second-order valence-corrected chi connectivity index (χ2v) is 22.2. The number of hydrogen-bond acceptors (Lipinski definition) is 3. The van der Waals surface area contributed by atoms with Crippen molar-refractivity contribution in [3.8, 4) is 0 Å². The van der Waals surface area contributed by atoms with Crippen LogP contribution in [0.2, 0.25) is 0 Å². The first kappa shape index (κ1) is 19.8. The summed E-state index contributed by atoms with van der Waals surface area (Å²) in [5, 5.41) is 2.57. The van der Waals surface area contributed by atoms with Gasteiger partial charge in [-0.3, -0.25) is 0 Å². The van der Waals surface area contributed by atoms with Gasteiger partial charge >= 0.3 is 8.32 Å². The second kappa shape index (κ2) is 8.70. The van der Waals surface area contributed by atoms with Crippen LogP contribution in [0, 0.1) is 0 Å². The maximum absolute atomic E-state index is 5.95. The molecule has 0 unspecified atom stereocenters. The van der Waals surface area contributed by atoms with E-state index in [0.29, 0.717) is 0 Å². The summed E-state index contributed by atoms with van der Waals surface area (Å²) in [6.45, 7) is 8.39. The van der Waals surface area contributed by atoms with Crippen LogP contribution in [-0.4, -0.2) is 45.1 Å². The fourth-order valence-electron chi connectivity index (χ4n) is 3.30. The zero-order valence-corrected chi connectivity index (χ0v) is 18.1. The highest BCUT2D eigenvalue weighted by Crippen LogP contribution is 2.26. The van der Waals surface area contributed by atoms with Crippen LogP contribution >= 0.6 is 0 Å². The minimum absolute atomic E-state index is 1.29. The topological polar surface area (TPSA) is 27.7 Å². The molecule has 3 nitrogen and oxygen atoms in total. The molecule has 0 saturated heterocycles. The van der Waals surface area contributed by atoms with Crippen molar-refractivity contribution in [2.24, 2.45) is 0 Å². The lowest BCUT2D eigenvalue weighted by molar-refractivity contribution is 0.147. The van der Waals surface area contributed by atoms with Crippen molar-refractivity contribution in [1.29, 1.82) is 0 Å². The predicted octanol–water partition coefficient (Wildman–Crippen LogP) is 2.23. The van der Waals surface area contributed by atoms with Crippen molar-refractivity contribution >= 4 is 34.1 Å². The Bertz CT molecular complexity index is 632. The van der Waals surface area contributed by atoms with E-state index in [0.717, 1.165) is 0 Å². The minimum Gasteiger partial charge on any atom is -0.380 e. The molecule has 131 valence electrons. The number of hydrogen-bond donors (Lipinski definition) is 0. The highest BCUT2D eigenvalue weighted by molar-refractivity contribution is 7.69. The van der Waals surface area contributed by atoms with Gasteiger partial charge in [-0.05, 0) is 0 Å². The molecule has 2 aromatic rings. The molecule has 0 N–H and O–H groups in total. The highest BCUT2D eigenvalue weighted by atomic mass is 29.6. The largest absolute Gasteiger partial charge is 0.476 e. The molecule has 2 aromatic carbocycles. The summed E-state index contributed by atoms with van der Waals surface area (Å²) in [5.74, 6) is 0. The summed E-state index contributed by atoms with van der Waals surface area (Å²) in [6, 6.07) is 21.1. The van der Waals surface area contributed by atoms with Crippen LogP contribution in [0.1, 0.15) is 0 Å². The average Bonchev–Trinajstić information content (AvgIpc) is 2.70. The Morgan fingerprint density at radius 1 is 0.720 bits per heavy atom. The van der Waals surface area contributed by atoms with E-state index in [1.165, 1.54) is 10.4 Å². The quantitative estimate of drug-likeness (QED) is 0.620. The lowest BCUT2D eigenvalue weighted by atomic mass is 10.4. The van der Waals surface area contributed by atoms with Gasteiger partial charge in [0.2, 0.25) is 0 Å². The molecule has 0 spiro atoms. The maximum atomic E-state index is 5.95. The fourth-order valence-corrected chi connectivity index (χ4v) is 27.2. The average molecular weight is 386 g/mol. The minimum atomic E-state index is -2.98. The molecule has 0 aliphatic heterocycles. The Balaban J connectivity index is 2.80. The first-order valence-electron chi connectivity index (χ1n) is 8.05. The van der Waals surface area contributed by atoms with Crippen LogP contribution in [0.4, 0.5) is 0 Å². The third-order valence-electron chi connectivity index (χ3n) is 4.50. The van der Waals surface area contributed by atoms with Crippen molar-refractivity contribution < 1.29 is 13.3 Å². The van der Waals surface area contributed by atoms with E-state index in [2.05, 4.69) is 61.7 Å². The van der Waals surface area contributed by atoms with E-state index in [9.17, 15) is 0 Å². The van der Waals surface area contributed by atoms with E-state index in [1.54, 1.807) is 21.3 Å². The first-order chi connectivity index (χ1) is 12.1. The molecule has 0 aromatic heterocycles. The molecule has 0 amide bonds. The number of benzene rings is 2. The van der Waals surface area contributed by atoms with E-state index in [4.69, 9.17) is 13.3 Å². The predicted molar refractivity (Wildman–Crippen MR) is 111 cm³/mol. The van der Waals surface area contributed by atoms with Crippen LogP contribution in [0.15, 0.2) is 85.2 Å². The standard InChI is InChI=1S/C19H25O3Si3/c1-6-24(7-2,25(20-3,21-4)22-5)23(18-14-10-8-11-15-18)19-16-12-9-13-17-19/h6-17H,1-2H2,3-5H3. The zero-order chi connectivity index (χ0) is 18.3. The molecular weight excluding hydrogens is 360 g/mol. The summed E-state index contributed by atoms with van der Waals surface area (Å²) in [6.07, 6.45) is 0. The van der Waals surface area contributed by atoms with Gasteiger partial charge in [-0.1, -0.05) is 82.4 Å². The van der Waals surface area contributed by atoms with Crippen molar-refractivity contribution in [1.82, 2.24) is 0 Å². The normalized spacial score (nSPS) is 12.2. The molecule has 6 heteroatoms. The van der Waals surface area contributed by atoms with Crippen LogP contribution in [0.3, 0.4) is 0 Å². The van der Waals surface area contributed by atoms with Gasteiger partial charge in [0.1, 0.15) is 8.31 Å².